The Bertz CT molecular complexity index is 935. The molecular weight excluding hydrogens is 346 g/mol. The lowest BCUT2D eigenvalue weighted by Gasteiger charge is -2.11. The first-order valence-electron chi connectivity index (χ1n) is 8.25. The van der Waals surface area contributed by atoms with E-state index < -0.39 is 5.91 Å². The predicted molar refractivity (Wildman–Crippen MR) is 103 cm³/mol. The fourth-order valence-corrected chi connectivity index (χ4v) is 2.64. The van der Waals surface area contributed by atoms with Gasteiger partial charge in [0.1, 0.15) is 0 Å². The number of methoxy groups -OCH3 is 1. The summed E-state index contributed by atoms with van der Waals surface area (Å²) in [7, 11) is 1.49. The molecular formula is C20H19N3O4. The van der Waals surface area contributed by atoms with Crippen LogP contribution < -0.4 is 20.2 Å². The van der Waals surface area contributed by atoms with Crippen LogP contribution in [0, 0.1) is 0 Å². The van der Waals surface area contributed by atoms with E-state index >= 15 is 0 Å². The highest BCUT2D eigenvalue weighted by molar-refractivity contribution is 6.32. The molecule has 2 N–H and O–H groups in total. The fraction of sp³-hybridized carbons (Fsp3) is 0.150. The molecule has 0 aliphatic carbocycles. The molecule has 1 heterocycles. The molecule has 0 saturated carbocycles. The highest BCUT2D eigenvalue weighted by Crippen LogP contribution is 2.30. The number of nitrogens with zero attached hydrogens (tertiary/aromatic N) is 2. The Morgan fingerprint density at radius 3 is 2.59 bits per heavy atom. The van der Waals surface area contributed by atoms with Crippen LogP contribution in [-0.2, 0) is 9.59 Å². The molecule has 0 bridgehead atoms. The molecule has 138 valence electrons. The number of carbonyl (C=O) groups is 2. The molecule has 1 aliphatic rings. The normalized spacial score (nSPS) is 15.0. The highest BCUT2D eigenvalue weighted by atomic mass is 16.5. The molecule has 0 atom stereocenters. The van der Waals surface area contributed by atoms with Crippen molar-refractivity contribution in [3.63, 3.8) is 0 Å². The zero-order valence-corrected chi connectivity index (χ0v) is 15.0. The van der Waals surface area contributed by atoms with Gasteiger partial charge < -0.3 is 15.2 Å². The minimum Gasteiger partial charge on any atom is -0.493 e. The molecule has 3 rings (SSSR count). The average Bonchev–Trinajstić information content (AvgIpc) is 2.95. The first-order valence-corrected chi connectivity index (χ1v) is 8.25. The third-order valence-corrected chi connectivity index (χ3v) is 3.93. The summed E-state index contributed by atoms with van der Waals surface area (Å²) in [6, 6.07) is 14.4. The Kier molecular flexibility index (Phi) is 5.21. The van der Waals surface area contributed by atoms with Gasteiger partial charge in [0.25, 0.3) is 11.8 Å². The second kappa shape index (κ2) is 7.74. The fourth-order valence-electron chi connectivity index (χ4n) is 2.64. The number of hydrazone groups is 1. The van der Waals surface area contributed by atoms with Gasteiger partial charge in [-0.05, 0) is 42.8 Å². The summed E-state index contributed by atoms with van der Waals surface area (Å²) in [5.41, 5.74) is 7.66. The molecule has 2 aromatic rings. The van der Waals surface area contributed by atoms with E-state index in [9.17, 15) is 9.59 Å². The van der Waals surface area contributed by atoms with Crippen LogP contribution in [0.2, 0.25) is 0 Å². The van der Waals surface area contributed by atoms with Crippen molar-refractivity contribution in [3.8, 4) is 11.5 Å². The maximum absolute atomic E-state index is 12.8. The zero-order valence-electron chi connectivity index (χ0n) is 15.0. The van der Waals surface area contributed by atoms with Gasteiger partial charge in [0.05, 0.1) is 24.1 Å². The van der Waals surface area contributed by atoms with Gasteiger partial charge in [0.15, 0.2) is 18.1 Å². The number of nitrogens with two attached hydrogens (primary N) is 1. The van der Waals surface area contributed by atoms with E-state index in [4.69, 9.17) is 15.2 Å². The van der Waals surface area contributed by atoms with Crippen molar-refractivity contribution in [1.29, 1.82) is 0 Å². The van der Waals surface area contributed by atoms with Crippen LogP contribution in [0.1, 0.15) is 12.5 Å². The van der Waals surface area contributed by atoms with E-state index in [1.54, 1.807) is 31.2 Å². The minimum absolute atomic E-state index is 0.202. The second-order valence-electron chi connectivity index (χ2n) is 5.86. The summed E-state index contributed by atoms with van der Waals surface area (Å²) in [5.74, 6) is 0.0532. The Morgan fingerprint density at radius 1 is 1.19 bits per heavy atom. The number of carbonyl (C=O) groups excluding carboxylic acids is 2. The molecule has 0 saturated heterocycles. The lowest BCUT2D eigenvalue weighted by atomic mass is 10.1. The number of amides is 2. The SMILES string of the molecule is COc1cc(C=C2C(=O)N(c3ccccc3)N=C2C)ccc1OCC(N)=O. The molecule has 2 aromatic carbocycles. The Balaban J connectivity index is 1.87. The van der Waals surface area contributed by atoms with Crippen LogP contribution in [0.4, 0.5) is 5.69 Å². The Labute approximate surface area is 156 Å². The van der Waals surface area contributed by atoms with Crippen LogP contribution in [0.25, 0.3) is 6.08 Å². The van der Waals surface area contributed by atoms with Crippen LogP contribution in [0.3, 0.4) is 0 Å². The molecule has 2 amide bonds. The van der Waals surface area contributed by atoms with Gasteiger partial charge in [-0.1, -0.05) is 24.3 Å². The molecule has 0 fully saturated rings. The predicted octanol–water partition coefficient (Wildman–Crippen LogP) is 2.37. The number of para-hydroxylation sites is 1. The smallest absolute Gasteiger partial charge is 0.280 e. The van der Waals surface area contributed by atoms with Crippen molar-refractivity contribution in [2.75, 3.05) is 18.7 Å². The maximum Gasteiger partial charge on any atom is 0.280 e. The number of hydrogen-bond acceptors (Lipinski definition) is 5. The average molecular weight is 365 g/mol. The largest absolute Gasteiger partial charge is 0.493 e. The molecule has 0 radical (unpaired) electrons. The lowest BCUT2D eigenvalue weighted by molar-refractivity contribution is -0.120. The third-order valence-electron chi connectivity index (χ3n) is 3.93. The topological polar surface area (TPSA) is 94.2 Å². The Hall–Kier alpha value is -3.61. The number of hydrogen-bond donors (Lipinski definition) is 1. The number of rotatable bonds is 6. The van der Waals surface area contributed by atoms with Crippen molar-refractivity contribution >= 4 is 29.3 Å². The van der Waals surface area contributed by atoms with Gasteiger partial charge in [-0.2, -0.15) is 10.1 Å². The second-order valence-corrected chi connectivity index (χ2v) is 5.86. The van der Waals surface area contributed by atoms with E-state index in [-0.39, 0.29) is 12.5 Å². The van der Waals surface area contributed by atoms with Crippen LogP contribution in [-0.4, -0.2) is 31.2 Å². The van der Waals surface area contributed by atoms with Crippen LogP contribution in [0.5, 0.6) is 11.5 Å². The van der Waals surface area contributed by atoms with E-state index in [0.717, 1.165) is 5.56 Å². The number of primary amides is 1. The van der Waals surface area contributed by atoms with Gasteiger partial charge >= 0.3 is 0 Å². The summed E-state index contributed by atoms with van der Waals surface area (Å²) in [4.78, 5) is 23.6. The summed E-state index contributed by atoms with van der Waals surface area (Å²) >= 11 is 0. The molecule has 1 aliphatic heterocycles. The highest BCUT2D eigenvalue weighted by Gasteiger charge is 2.28. The van der Waals surface area contributed by atoms with E-state index in [1.807, 2.05) is 30.3 Å². The van der Waals surface area contributed by atoms with Gasteiger partial charge in [-0.15, -0.1) is 0 Å². The van der Waals surface area contributed by atoms with E-state index in [0.29, 0.717) is 28.5 Å². The number of anilines is 1. The number of benzene rings is 2. The van der Waals surface area contributed by atoms with Crippen molar-refractivity contribution in [2.45, 2.75) is 6.92 Å². The molecule has 0 spiro atoms. The summed E-state index contributed by atoms with van der Waals surface area (Å²) in [5, 5.41) is 5.73. The quantitative estimate of drug-likeness (QED) is 0.795. The molecule has 7 nitrogen and oxygen atoms in total. The van der Waals surface area contributed by atoms with E-state index in [2.05, 4.69) is 5.10 Å². The van der Waals surface area contributed by atoms with Crippen LogP contribution in [0.15, 0.2) is 59.2 Å². The van der Waals surface area contributed by atoms with Crippen molar-refractivity contribution in [2.24, 2.45) is 10.8 Å². The molecule has 27 heavy (non-hydrogen) atoms. The van der Waals surface area contributed by atoms with Crippen molar-refractivity contribution < 1.29 is 19.1 Å². The summed E-state index contributed by atoms with van der Waals surface area (Å²) in [6.07, 6.45) is 1.74. The third kappa shape index (κ3) is 3.98. The molecule has 0 aromatic heterocycles. The lowest BCUT2D eigenvalue weighted by Crippen LogP contribution is -2.21. The van der Waals surface area contributed by atoms with E-state index in [1.165, 1.54) is 12.1 Å². The van der Waals surface area contributed by atoms with Crippen LogP contribution >= 0.6 is 0 Å². The maximum atomic E-state index is 12.8. The zero-order chi connectivity index (χ0) is 19.4. The molecule has 0 unspecified atom stereocenters. The number of ether oxygens (including phenoxy) is 2. The van der Waals surface area contributed by atoms with Gasteiger partial charge in [0, 0.05) is 0 Å². The van der Waals surface area contributed by atoms with Gasteiger partial charge in [-0.25, -0.2) is 0 Å². The molecule has 7 heteroatoms. The monoisotopic (exact) mass is 365 g/mol. The standard InChI is InChI=1S/C20H19N3O4/c1-13-16(20(25)23(22-13)15-6-4-3-5-7-15)10-14-8-9-17(18(11-14)26-2)27-12-19(21)24/h3-11H,12H2,1-2H3,(H2,21,24). The van der Waals surface area contributed by atoms with Crippen molar-refractivity contribution in [3.05, 3.63) is 59.7 Å². The first-order chi connectivity index (χ1) is 13.0. The summed E-state index contributed by atoms with van der Waals surface area (Å²) < 4.78 is 10.6. The Morgan fingerprint density at radius 2 is 1.93 bits per heavy atom. The first kappa shape index (κ1) is 18.2. The van der Waals surface area contributed by atoms with Gasteiger partial charge in [0.2, 0.25) is 0 Å². The summed E-state index contributed by atoms with van der Waals surface area (Å²) in [6.45, 7) is 1.54. The van der Waals surface area contributed by atoms with Gasteiger partial charge in [-0.3, -0.25) is 9.59 Å². The minimum atomic E-state index is -0.576. The van der Waals surface area contributed by atoms with Crippen molar-refractivity contribution in [1.82, 2.24) is 0 Å².